The molecular formula is C7H6ClN3. The molecule has 0 radical (unpaired) electrons. The van der Waals surface area contributed by atoms with Gasteiger partial charge in [0.1, 0.15) is 11.5 Å². The molecule has 11 heavy (non-hydrogen) atoms. The topological polar surface area (TPSA) is 30.1 Å². The van der Waals surface area contributed by atoms with E-state index < -0.39 is 0 Å². The summed E-state index contributed by atoms with van der Waals surface area (Å²) >= 11 is 5.71. The number of aryl methyl sites for hydroxylation is 1. The Morgan fingerprint density at radius 1 is 1.64 bits per heavy atom. The van der Waals surface area contributed by atoms with Crippen LogP contribution in [0.1, 0.15) is 11.3 Å². The Morgan fingerprint density at radius 3 is 2.91 bits per heavy atom. The van der Waals surface area contributed by atoms with Crippen molar-refractivity contribution in [3.63, 3.8) is 0 Å². The van der Waals surface area contributed by atoms with Gasteiger partial charge in [-0.2, -0.15) is 0 Å². The van der Waals surface area contributed by atoms with Crippen molar-refractivity contribution >= 4 is 11.6 Å². The van der Waals surface area contributed by atoms with Crippen LogP contribution in [-0.2, 0) is 6.54 Å². The maximum Gasteiger partial charge on any atom is 0.244 e. The molecule has 0 aromatic carbocycles. The first-order valence-electron chi connectivity index (χ1n) is 3.05. The maximum atomic E-state index is 6.64. The molecule has 0 aliphatic carbocycles. The standard InChI is InChI=1S/C7H6ClN3/c1-5-6(3-9-2)7(8)11-4-10-5/h4H,3H2,1H3. The van der Waals surface area contributed by atoms with Crippen LogP contribution in [0.25, 0.3) is 4.85 Å². The lowest BCUT2D eigenvalue weighted by Crippen LogP contribution is -1.93. The first-order valence-corrected chi connectivity index (χ1v) is 3.42. The van der Waals surface area contributed by atoms with E-state index in [2.05, 4.69) is 14.8 Å². The molecule has 1 heterocycles. The molecule has 0 atom stereocenters. The molecule has 1 aromatic rings. The monoisotopic (exact) mass is 167 g/mol. The van der Waals surface area contributed by atoms with Crippen molar-refractivity contribution in [1.29, 1.82) is 0 Å². The van der Waals surface area contributed by atoms with Crippen molar-refractivity contribution < 1.29 is 0 Å². The number of aromatic nitrogens is 2. The van der Waals surface area contributed by atoms with Crippen molar-refractivity contribution in [3.05, 3.63) is 34.2 Å². The highest BCUT2D eigenvalue weighted by molar-refractivity contribution is 6.30. The van der Waals surface area contributed by atoms with Crippen molar-refractivity contribution in [2.24, 2.45) is 0 Å². The third-order valence-corrected chi connectivity index (χ3v) is 1.67. The average molecular weight is 168 g/mol. The van der Waals surface area contributed by atoms with E-state index in [1.54, 1.807) is 0 Å². The van der Waals surface area contributed by atoms with E-state index >= 15 is 0 Å². The van der Waals surface area contributed by atoms with Gasteiger partial charge in [0, 0.05) is 0 Å². The van der Waals surface area contributed by atoms with Gasteiger partial charge in [0.25, 0.3) is 0 Å². The number of nitrogens with zero attached hydrogens (tertiary/aromatic N) is 3. The Kier molecular flexibility index (Phi) is 2.40. The van der Waals surface area contributed by atoms with Gasteiger partial charge in [0.15, 0.2) is 0 Å². The maximum absolute atomic E-state index is 6.64. The van der Waals surface area contributed by atoms with Gasteiger partial charge in [0.05, 0.1) is 11.3 Å². The minimum Gasteiger partial charge on any atom is -0.312 e. The summed E-state index contributed by atoms with van der Waals surface area (Å²) in [5, 5.41) is 0.383. The summed E-state index contributed by atoms with van der Waals surface area (Å²) in [6.07, 6.45) is 1.39. The molecule has 0 aliphatic rings. The van der Waals surface area contributed by atoms with Crippen molar-refractivity contribution in [1.82, 2.24) is 9.97 Å². The van der Waals surface area contributed by atoms with Crippen LogP contribution in [0.15, 0.2) is 6.33 Å². The summed E-state index contributed by atoms with van der Waals surface area (Å²) in [5.41, 5.74) is 1.50. The van der Waals surface area contributed by atoms with Crippen LogP contribution in [0.2, 0.25) is 5.15 Å². The fraction of sp³-hybridized carbons (Fsp3) is 0.286. The van der Waals surface area contributed by atoms with Crippen molar-refractivity contribution in [3.8, 4) is 0 Å². The largest absolute Gasteiger partial charge is 0.312 e. The Bertz CT molecular complexity index is 283. The molecular weight excluding hydrogens is 162 g/mol. The summed E-state index contributed by atoms with van der Waals surface area (Å²) in [6.45, 7) is 8.71. The number of halogens is 1. The van der Waals surface area contributed by atoms with Gasteiger partial charge in [0.2, 0.25) is 6.54 Å². The van der Waals surface area contributed by atoms with Gasteiger partial charge >= 0.3 is 0 Å². The minimum atomic E-state index is 0.255. The van der Waals surface area contributed by atoms with E-state index in [0.29, 0.717) is 5.15 Å². The zero-order valence-corrected chi connectivity index (χ0v) is 6.76. The molecule has 0 amide bonds. The third-order valence-electron chi connectivity index (χ3n) is 1.35. The highest BCUT2D eigenvalue weighted by atomic mass is 35.5. The Labute approximate surface area is 69.9 Å². The normalized spacial score (nSPS) is 9.18. The van der Waals surface area contributed by atoms with E-state index in [1.165, 1.54) is 6.33 Å². The van der Waals surface area contributed by atoms with Crippen LogP contribution in [0.4, 0.5) is 0 Å². The second-order valence-corrected chi connectivity index (χ2v) is 2.40. The third kappa shape index (κ3) is 1.66. The lowest BCUT2D eigenvalue weighted by Gasteiger charge is -1.97. The second-order valence-electron chi connectivity index (χ2n) is 2.04. The predicted octanol–water partition coefficient (Wildman–Crippen LogP) is 1.86. The SMILES string of the molecule is [C-]#[N+]Cc1c(C)ncnc1Cl. The quantitative estimate of drug-likeness (QED) is 0.472. The van der Waals surface area contributed by atoms with Crippen LogP contribution in [0.5, 0.6) is 0 Å². The first-order chi connectivity index (χ1) is 5.25. The van der Waals surface area contributed by atoms with Crippen LogP contribution >= 0.6 is 11.6 Å². The van der Waals surface area contributed by atoms with Crippen LogP contribution < -0.4 is 0 Å². The zero-order valence-electron chi connectivity index (χ0n) is 6.00. The fourth-order valence-electron chi connectivity index (χ4n) is 0.730. The second kappa shape index (κ2) is 3.31. The van der Waals surface area contributed by atoms with Gasteiger partial charge in [-0.25, -0.2) is 16.5 Å². The minimum absolute atomic E-state index is 0.255. The Morgan fingerprint density at radius 2 is 2.36 bits per heavy atom. The number of hydrogen-bond acceptors (Lipinski definition) is 2. The molecule has 0 unspecified atom stereocenters. The summed E-state index contributed by atoms with van der Waals surface area (Å²) < 4.78 is 0. The lowest BCUT2D eigenvalue weighted by atomic mass is 10.2. The molecule has 1 rings (SSSR count). The van der Waals surface area contributed by atoms with Crippen LogP contribution in [-0.4, -0.2) is 9.97 Å². The molecule has 56 valence electrons. The van der Waals surface area contributed by atoms with E-state index in [4.69, 9.17) is 18.2 Å². The van der Waals surface area contributed by atoms with Gasteiger partial charge in [-0.3, -0.25) is 0 Å². The zero-order chi connectivity index (χ0) is 8.27. The van der Waals surface area contributed by atoms with Gasteiger partial charge in [-0.15, -0.1) is 0 Å². The van der Waals surface area contributed by atoms with Crippen LogP contribution in [0.3, 0.4) is 0 Å². The van der Waals surface area contributed by atoms with Gasteiger partial charge < -0.3 is 4.85 Å². The number of rotatable bonds is 1. The Balaban J connectivity index is 3.12. The van der Waals surface area contributed by atoms with Crippen molar-refractivity contribution in [2.75, 3.05) is 0 Å². The number of hydrogen-bond donors (Lipinski definition) is 0. The van der Waals surface area contributed by atoms with E-state index in [0.717, 1.165) is 11.3 Å². The molecule has 0 saturated carbocycles. The molecule has 0 N–H and O–H groups in total. The molecule has 0 bridgehead atoms. The van der Waals surface area contributed by atoms with E-state index in [1.807, 2.05) is 6.92 Å². The molecule has 3 nitrogen and oxygen atoms in total. The molecule has 0 saturated heterocycles. The molecule has 0 spiro atoms. The lowest BCUT2D eigenvalue weighted by molar-refractivity contribution is 1.03. The van der Waals surface area contributed by atoms with Gasteiger partial charge in [-0.05, 0) is 6.92 Å². The molecule has 4 heteroatoms. The molecule has 0 aliphatic heterocycles. The summed E-state index contributed by atoms with van der Waals surface area (Å²) in [4.78, 5) is 10.9. The molecule has 1 aromatic heterocycles. The fourth-order valence-corrected chi connectivity index (χ4v) is 0.970. The highest BCUT2D eigenvalue weighted by Crippen LogP contribution is 2.15. The van der Waals surface area contributed by atoms with E-state index in [9.17, 15) is 0 Å². The highest BCUT2D eigenvalue weighted by Gasteiger charge is 2.07. The summed E-state index contributed by atoms with van der Waals surface area (Å²) in [6, 6.07) is 0. The summed E-state index contributed by atoms with van der Waals surface area (Å²) in [5.74, 6) is 0. The van der Waals surface area contributed by atoms with Gasteiger partial charge in [-0.1, -0.05) is 11.6 Å². The first kappa shape index (κ1) is 7.96. The summed E-state index contributed by atoms with van der Waals surface area (Å²) in [7, 11) is 0. The Hall–Kier alpha value is -1.14. The van der Waals surface area contributed by atoms with E-state index in [-0.39, 0.29) is 6.54 Å². The smallest absolute Gasteiger partial charge is 0.244 e. The van der Waals surface area contributed by atoms with Crippen LogP contribution in [0, 0.1) is 13.5 Å². The average Bonchev–Trinajstić information content (AvgIpc) is 1.97. The predicted molar refractivity (Wildman–Crippen MR) is 42.1 cm³/mol. The van der Waals surface area contributed by atoms with Crippen molar-refractivity contribution in [2.45, 2.75) is 13.5 Å². The molecule has 0 fully saturated rings.